The van der Waals surface area contributed by atoms with Crippen LogP contribution in [0.15, 0.2) is 0 Å². The van der Waals surface area contributed by atoms with Crippen LogP contribution in [0.25, 0.3) is 0 Å². The lowest BCUT2D eigenvalue weighted by atomic mass is 10.0. The smallest absolute Gasteiger partial charge is 0.156 e. The van der Waals surface area contributed by atoms with E-state index in [-0.39, 0.29) is 24.6 Å². The van der Waals surface area contributed by atoms with E-state index in [1.807, 2.05) is 0 Å². The van der Waals surface area contributed by atoms with Crippen molar-refractivity contribution in [1.29, 1.82) is 0 Å². The van der Waals surface area contributed by atoms with E-state index < -0.39 is 12.4 Å². The Balaban J connectivity index is 0.000001000. The molecule has 4 N–H and O–H groups in total. The van der Waals surface area contributed by atoms with Gasteiger partial charge in [-0.2, -0.15) is 0 Å². The standard InChI is InChI=1S/C6H13NO3.ClH/c1-3-6(9)4(7)2-5(8)10-3;/h3-6,8-9H,2,7H2,1H3;1H/t3-,4-,5+,6+;/m0./s1. The summed E-state index contributed by atoms with van der Waals surface area (Å²) in [4.78, 5) is 0. The highest BCUT2D eigenvalue weighted by atomic mass is 35.5. The average Bonchev–Trinajstić information content (AvgIpc) is 1.82. The number of aliphatic hydroxyl groups excluding tert-OH is 2. The van der Waals surface area contributed by atoms with E-state index >= 15 is 0 Å². The predicted molar refractivity (Wildman–Crippen MR) is 42.4 cm³/mol. The zero-order valence-corrected chi connectivity index (χ0v) is 7.12. The van der Waals surface area contributed by atoms with Gasteiger partial charge in [-0.1, -0.05) is 0 Å². The van der Waals surface area contributed by atoms with Gasteiger partial charge in [0.15, 0.2) is 6.29 Å². The van der Waals surface area contributed by atoms with E-state index in [1.54, 1.807) is 6.92 Å². The Hall–Kier alpha value is 0.130. The summed E-state index contributed by atoms with van der Waals surface area (Å²) in [6.07, 6.45) is -1.51. The molecule has 0 spiro atoms. The van der Waals surface area contributed by atoms with Crippen molar-refractivity contribution in [2.75, 3.05) is 0 Å². The predicted octanol–water partition coefficient (Wildman–Crippen LogP) is -0.776. The third-order valence-corrected chi connectivity index (χ3v) is 1.77. The molecule has 1 aliphatic rings. The van der Waals surface area contributed by atoms with Crippen LogP contribution in [0.4, 0.5) is 0 Å². The van der Waals surface area contributed by atoms with Gasteiger partial charge in [0, 0.05) is 12.5 Å². The normalized spacial score (nSPS) is 44.7. The van der Waals surface area contributed by atoms with Gasteiger partial charge in [-0.3, -0.25) is 0 Å². The second-order valence-electron chi connectivity index (χ2n) is 2.69. The lowest BCUT2D eigenvalue weighted by Crippen LogP contribution is -2.51. The average molecular weight is 184 g/mol. The van der Waals surface area contributed by atoms with E-state index in [9.17, 15) is 5.11 Å². The molecule has 0 aromatic rings. The Labute approximate surface area is 71.8 Å². The molecule has 68 valence electrons. The molecular weight excluding hydrogens is 170 g/mol. The molecule has 0 aliphatic carbocycles. The summed E-state index contributed by atoms with van der Waals surface area (Å²) in [6.45, 7) is 1.69. The van der Waals surface area contributed by atoms with E-state index in [2.05, 4.69) is 0 Å². The quantitative estimate of drug-likeness (QED) is 0.461. The van der Waals surface area contributed by atoms with Crippen molar-refractivity contribution >= 4 is 12.4 Å². The van der Waals surface area contributed by atoms with Crippen LogP contribution in [0.3, 0.4) is 0 Å². The molecule has 0 unspecified atom stereocenters. The van der Waals surface area contributed by atoms with Crippen LogP contribution >= 0.6 is 12.4 Å². The van der Waals surface area contributed by atoms with E-state index in [4.69, 9.17) is 15.6 Å². The maximum absolute atomic E-state index is 9.20. The van der Waals surface area contributed by atoms with Gasteiger partial charge in [0.05, 0.1) is 12.2 Å². The minimum absolute atomic E-state index is 0. The number of halogens is 1. The number of rotatable bonds is 0. The minimum atomic E-state index is -0.812. The maximum atomic E-state index is 9.20. The molecule has 4 atom stereocenters. The molecule has 1 fully saturated rings. The molecule has 1 rings (SSSR count). The summed E-state index contributed by atoms with van der Waals surface area (Å²) in [5.41, 5.74) is 5.47. The number of ether oxygens (including phenoxy) is 1. The first kappa shape index (κ1) is 11.1. The SMILES string of the molecule is C[C@@H]1O[C@@H](O)C[C@H](N)[C@@H]1O.Cl. The Morgan fingerprint density at radius 3 is 2.45 bits per heavy atom. The Morgan fingerprint density at radius 1 is 1.45 bits per heavy atom. The van der Waals surface area contributed by atoms with Gasteiger partial charge in [-0.05, 0) is 6.92 Å². The van der Waals surface area contributed by atoms with Crippen molar-refractivity contribution in [3.8, 4) is 0 Å². The Kier molecular flexibility index (Phi) is 4.28. The van der Waals surface area contributed by atoms with Gasteiger partial charge in [0.2, 0.25) is 0 Å². The zero-order chi connectivity index (χ0) is 7.72. The summed E-state index contributed by atoms with van der Waals surface area (Å²) in [5, 5.41) is 18.2. The first-order valence-corrected chi connectivity index (χ1v) is 3.38. The van der Waals surface area contributed by atoms with Crippen molar-refractivity contribution in [1.82, 2.24) is 0 Å². The number of hydrogen-bond donors (Lipinski definition) is 3. The van der Waals surface area contributed by atoms with Crippen LogP contribution in [0.1, 0.15) is 13.3 Å². The zero-order valence-electron chi connectivity index (χ0n) is 6.30. The van der Waals surface area contributed by atoms with Crippen LogP contribution in [-0.4, -0.2) is 34.8 Å². The molecule has 0 amide bonds. The summed E-state index contributed by atoms with van der Waals surface area (Å²) in [7, 11) is 0. The molecule has 1 saturated heterocycles. The van der Waals surface area contributed by atoms with Gasteiger partial charge in [-0.15, -0.1) is 12.4 Å². The first-order chi connectivity index (χ1) is 4.61. The highest BCUT2D eigenvalue weighted by Crippen LogP contribution is 2.16. The van der Waals surface area contributed by atoms with Crippen LogP contribution in [0.5, 0.6) is 0 Å². The molecule has 11 heavy (non-hydrogen) atoms. The van der Waals surface area contributed by atoms with Gasteiger partial charge in [0.1, 0.15) is 0 Å². The van der Waals surface area contributed by atoms with Crippen LogP contribution < -0.4 is 5.73 Å². The van der Waals surface area contributed by atoms with Crippen LogP contribution in [-0.2, 0) is 4.74 Å². The molecule has 4 nitrogen and oxygen atoms in total. The molecule has 0 bridgehead atoms. The molecule has 0 aromatic heterocycles. The van der Waals surface area contributed by atoms with Crippen molar-refractivity contribution in [3.05, 3.63) is 0 Å². The fourth-order valence-electron chi connectivity index (χ4n) is 1.10. The summed E-state index contributed by atoms with van der Waals surface area (Å²) >= 11 is 0. The van der Waals surface area contributed by atoms with Gasteiger partial charge < -0.3 is 20.7 Å². The van der Waals surface area contributed by atoms with Gasteiger partial charge in [-0.25, -0.2) is 0 Å². The van der Waals surface area contributed by atoms with Crippen molar-refractivity contribution in [3.63, 3.8) is 0 Å². The summed E-state index contributed by atoms with van der Waals surface area (Å²) in [5.74, 6) is 0. The summed E-state index contributed by atoms with van der Waals surface area (Å²) < 4.78 is 4.89. The molecule has 1 aliphatic heterocycles. The molecule has 0 saturated carbocycles. The number of nitrogens with two attached hydrogens (primary N) is 1. The van der Waals surface area contributed by atoms with Gasteiger partial charge >= 0.3 is 0 Å². The van der Waals surface area contributed by atoms with E-state index in [1.165, 1.54) is 0 Å². The molecular formula is C6H14ClNO3. The third-order valence-electron chi connectivity index (χ3n) is 1.77. The van der Waals surface area contributed by atoms with E-state index in [0.717, 1.165) is 0 Å². The second-order valence-corrected chi connectivity index (χ2v) is 2.69. The molecule has 1 heterocycles. The number of aliphatic hydroxyl groups is 2. The van der Waals surface area contributed by atoms with Crippen LogP contribution in [0.2, 0.25) is 0 Å². The fourth-order valence-corrected chi connectivity index (χ4v) is 1.10. The molecule has 0 aromatic carbocycles. The van der Waals surface area contributed by atoms with Crippen molar-refractivity contribution in [2.24, 2.45) is 5.73 Å². The second kappa shape index (κ2) is 4.23. The first-order valence-electron chi connectivity index (χ1n) is 3.38. The largest absolute Gasteiger partial charge is 0.389 e. The molecule has 0 radical (unpaired) electrons. The Morgan fingerprint density at radius 2 is 2.00 bits per heavy atom. The minimum Gasteiger partial charge on any atom is -0.389 e. The Bertz CT molecular complexity index is 112. The van der Waals surface area contributed by atoms with Crippen molar-refractivity contribution in [2.45, 2.75) is 37.9 Å². The highest BCUT2D eigenvalue weighted by molar-refractivity contribution is 5.85. The maximum Gasteiger partial charge on any atom is 0.156 e. The topological polar surface area (TPSA) is 75.7 Å². The van der Waals surface area contributed by atoms with E-state index in [0.29, 0.717) is 6.42 Å². The molecule has 5 heteroatoms. The number of hydrogen-bond acceptors (Lipinski definition) is 4. The van der Waals surface area contributed by atoms with Crippen molar-refractivity contribution < 1.29 is 14.9 Å². The summed E-state index contributed by atoms with van der Waals surface area (Å²) in [6, 6.07) is -0.362. The lowest BCUT2D eigenvalue weighted by molar-refractivity contribution is -0.198. The monoisotopic (exact) mass is 183 g/mol. The van der Waals surface area contributed by atoms with Crippen LogP contribution in [0, 0.1) is 0 Å². The highest BCUT2D eigenvalue weighted by Gasteiger charge is 2.31. The fraction of sp³-hybridized carbons (Fsp3) is 1.00. The lowest BCUT2D eigenvalue weighted by Gasteiger charge is -2.33. The third kappa shape index (κ3) is 2.57. The van der Waals surface area contributed by atoms with Gasteiger partial charge in [0.25, 0.3) is 0 Å².